The van der Waals surface area contributed by atoms with Crippen molar-refractivity contribution in [2.45, 2.75) is 30.8 Å². The molecule has 0 aliphatic heterocycles. The number of hydrogen-bond donors (Lipinski definition) is 1. The van der Waals surface area contributed by atoms with Crippen LogP contribution in [0, 0.1) is 5.82 Å². The van der Waals surface area contributed by atoms with E-state index in [0.29, 0.717) is 5.56 Å². The van der Waals surface area contributed by atoms with Gasteiger partial charge in [-0.25, -0.2) is 17.6 Å². The van der Waals surface area contributed by atoms with Crippen molar-refractivity contribution in [3.63, 3.8) is 0 Å². The van der Waals surface area contributed by atoms with Crippen LogP contribution in [-0.2, 0) is 9.84 Å². The predicted molar refractivity (Wildman–Crippen MR) is 99.1 cm³/mol. The molecule has 0 unspecified atom stereocenters. The summed E-state index contributed by atoms with van der Waals surface area (Å²) in [6.07, 6.45) is 1.15. The summed E-state index contributed by atoms with van der Waals surface area (Å²) in [6, 6.07) is 11.6. The minimum Gasteiger partial charge on any atom is -0.331 e. The second-order valence-electron chi connectivity index (χ2n) is 6.32. The van der Waals surface area contributed by atoms with Crippen molar-refractivity contribution in [3.8, 4) is 0 Å². The quantitative estimate of drug-likeness (QED) is 0.863. The summed E-state index contributed by atoms with van der Waals surface area (Å²) in [5.74, 6) is -0.368. The van der Waals surface area contributed by atoms with Crippen LogP contribution < -0.4 is 5.32 Å². The lowest BCUT2D eigenvalue weighted by Crippen LogP contribution is -2.40. The number of sulfone groups is 1. The normalized spacial score (nSPS) is 13.7. The van der Waals surface area contributed by atoms with Gasteiger partial charge in [0.2, 0.25) is 0 Å². The van der Waals surface area contributed by atoms with E-state index in [2.05, 4.69) is 5.32 Å². The molecule has 140 valence electrons. The van der Waals surface area contributed by atoms with Crippen LogP contribution >= 0.6 is 0 Å². The highest BCUT2D eigenvalue weighted by molar-refractivity contribution is 7.90. The Labute approximate surface area is 153 Å². The highest BCUT2D eigenvalue weighted by Gasteiger charge is 2.21. The fourth-order valence-electron chi connectivity index (χ4n) is 2.58. The highest BCUT2D eigenvalue weighted by atomic mass is 32.2. The van der Waals surface area contributed by atoms with E-state index in [9.17, 15) is 17.6 Å². The molecular formula is C19H23FN2O3S. The number of carbonyl (C=O) groups is 1. The third kappa shape index (κ3) is 4.60. The first kappa shape index (κ1) is 19.9. The SMILES string of the molecule is C[C@@H](NC(=O)N(C)[C@@H](C)c1ccc(S(C)(=O)=O)cc1)c1ccccc1F. The summed E-state index contributed by atoms with van der Waals surface area (Å²) >= 11 is 0. The van der Waals surface area contributed by atoms with Crippen LogP contribution in [0.15, 0.2) is 53.4 Å². The molecule has 7 heteroatoms. The molecule has 5 nitrogen and oxygen atoms in total. The average Bonchev–Trinajstić information content (AvgIpc) is 2.60. The Morgan fingerprint density at radius 3 is 2.19 bits per heavy atom. The van der Waals surface area contributed by atoms with Gasteiger partial charge in [0.15, 0.2) is 9.84 Å². The van der Waals surface area contributed by atoms with E-state index in [0.717, 1.165) is 11.8 Å². The van der Waals surface area contributed by atoms with Gasteiger partial charge in [-0.15, -0.1) is 0 Å². The fraction of sp³-hybridized carbons (Fsp3) is 0.316. The third-order valence-corrected chi connectivity index (χ3v) is 5.53. The molecule has 2 aromatic carbocycles. The lowest BCUT2D eigenvalue weighted by Gasteiger charge is -2.27. The number of carbonyl (C=O) groups excluding carboxylic acids is 1. The van der Waals surface area contributed by atoms with Gasteiger partial charge in [-0.3, -0.25) is 0 Å². The summed E-state index contributed by atoms with van der Waals surface area (Å²) in [5, 5.41) is 2.77. The zero-order chi connectivity index (χ0) is 19.5. The first-order valence-corrected chi connectivity index (χ1v) is 10.1. The lowest BCUT2D eigenvalue weighted by molar-refractivity contribution is 0.191. The van der Waals surface area contributed by atoms with Crippen LogP contribution in [-0.4, -0.2) is 32.7 Å². The van der Waals surface area contributed by atoms with E-state index in [1.165, 1.54) is 23.1 Å². The molecule has 0 radical (unpaired) electrons. The number of amides is 2. The van der Waals surface area contributed by atoms with Crippen LogP contribution in [0.1, 0.15) is 37.1 Å². The summed E-state index contributed by atoms with van der Waals surface area (Å²) in [6.45, 7) is 3.55. The van der Waals surface area contributed by atoms with Gasteiger partial charge in [0.05, 0.1) is 17.0 Å². The van der Waals surface area contributed by atoms with Crippen molar-refractivity contribution < 1.29 is 17.6 Å². The maximum Gasteiger partial charge on any atom is 0.318 e. The van der Waals surface area contributed by atoms with Crippen LogP contribution in [0.4, 0.5) is 9.18 Å². The van der Waals surface area contributed by atoms with Gasteiger partial charge in [-0.05, 0) is 37.6 Å². The Morgan fingerprint density at radius 2 is 1.65 bits per heavy atom. The van der Waals surface area contributed by atoms with Crippen LogP contribution in [0.25, 0.3) is 0 Å². The zero-order valence-electron chi connectivity index (χ0n) is 15.2. The topological polar surface area (TPSA) is 66.5 Å². The molecule has 0 heterocycles. The number of rotatable bonds is 5. The third-order valence-electron chi connectivity index (χ3n) is 4.40. The number of nitrogens with zero attached hydrogens (tertiary/aromatic N) is 1. The molecule has 0 aliphatic rings. The molecule has 2 amide bonds. The summed E-state index contributed by atoms with van der Waals surface area (Å²) in [4.78, 5) is 14.2. The number of benzene rings is 2. The van der Waals surface area contributed by atoms with Crippen LogP contribution in [0.3, 0.4) is 0 Å². The molecule has 2 rings (SSSR count). The van der Waals surface area contributed by atoms with Crippen LogP contribution in [0.5, 0.6) is 0 Å². The Morgan fingerprint density at radius 1 is 1.08 bits per heavy atom. The summed E-state index contributed by atoms with van der Waals surface area (Å²) in [5.41, 5.74) is 1.22. The molecule has 0 saturated heterocycles. The van der Waals surface area contributed by atoms with Gasteiger partial charge in [-0.1, -0.05) is 30.3 Å². The summed E-state index contributed by atoms with van der Waals surface area (Å²) in [7, 11) is -1.62. The van der Waals surface area contributed by atoms with Crippen molar-refractivity contribution in [2.24, 2.45) is 0 Å². The van der Waals surface area contributed by atoms with Gasteiger partial charge in [0, 0.05) is 18.9 Å². The Balaban J connectivity index is 2.08. The van der Waals surface area contributed by atoms with E-state index in [1.807, 2.05) is 6.92 Å². The number of halogens is 1. The lowest BCUT2D eigenvalue weighted by atomic mass is 10.1. The monoisotopic (exact) mass is 378 g/mol. The van der Waals surface area contributed by atoms with Gasteiger partial charge in [0.25, 0.3) is 0 Å². The molecule has 0 aromatic heterocycles. The van der Waals surface area contributed by atoms with Gasteiger partial charge in [0.1, 0.15) is 5.82 Å². The van der Waals surface area contributed by atoms with Gasteiger partial charge < -0.3 is 10.2 Å². The predicted octanol–water partition coefficient (Wildman–Crippen LogP) is 3.69. The van der Waals surface area contributed by atoms with Gasteiger partial charge >= 0.3 is 6.03 Å². The Kier molecular flexibility index (Phi) is 6.02. The van der Waals surface area contributed by atoms with Crippen molar-refractivity contribution >= 4 is 15.9 Å². The molecule has 0 fully saturated rings. The number of urea groups is 1. The standard InChI is InChI=1S/C19H23FN2O3S/c1-13(17-7-5-6-8-18(17)20)21-19(23)22(3)14(2)15-9-11-16(12-10-15)26(4,24)25/h5-14H,1-4H3,(H,21,23)/t13-,14+/m1/s1. The van der Waals surface area contributed by atoms with E-state index < -0.39 is 15.9 Å². The second-order valence-corrected chi connectivity index (χ2v) is 8.34. The van der Waals surface area contributed by atoms with Crippen molar-refractivity contribution in [3.05, 3.63) is 65.5 Å². The minimum absolute atomic E-state index is 0.230. The number of hydrogen-bond acceptors (Lipinski definition) is 3. The van der Waals surface area contributed by atoms with Crippen molar-refractivity contribution in [1.82, 2.24) is 10.2 Å². The first-order valence-electron chi connectivity index (χ1n) is 8.19. The van der Waals surface area contributed by atoms with E-state index in [1.54, 1.807) is 44.3 Å². The van der Waals surface area contributed by atoms with Crippen LogP contribution in [0.2, 0.25) is 0 Å². The molecule has 0 saturated carbocycles. The smallest absolute Gasteiger partial charge is 0.318 e. The summed E-state index contributed by atoms with van der Waals surface area (Å²) < 4.78 is 36.9. The highest BCUT2D eigenvalue weighted by Crippen LogP contribution is 2.22. The second kappa shape index (κ2) is 7.86. The van der Waals surface area contributed by atoms with Crippen molar-refractivity contribution in [1.29, 1.82) is 0 Å². The molecule has 0 spiro atoms. The Hall–Kier alpha value is -2.41. The largest absolute Gasteiger partial charge is 0.331 e. The van der Waals surface area contributed by atoms with E-state index in [4.69, 9.17) is 0 Å². The van der Waals surface area contributed by atoms with Gasteiger partial charge in [-0.2, -0.15) is 0 Å². The Bertz CT molecular complexity index is 882. The van der Waals surface area contributed by atoms with Crippen molar-refractivity contribution in [2.75, 3.05) is 13.3 Å². The first-order chi connectivity index (χ1) is 12.1. The molecular weight excluding hydrogens is 355 g/mol. The molecule has 2 aromatic rings. The zero-order valence-corrected chi connectivity index (χ0v) is 16.0. The molecule has 26 heavy (non-hydrogen) atoms. The molecule has 0 bridgehead atoms. The average molecular weight is 378 g/mol. The molecule has 2 atom stereocenters. The van der Waals surface area contributed by atoms with E-state index in [-0.39, 0.29) is 22.8 Å². The maximum atomic E-state index is 13.8. The van der Waals surface area contributed by atoms with E-state index >= 15 is 0 Å². The molecule has 0 aliphatic carbocycles. The minimum atomic E-state index is -3.26. The maximum absolute atomic E-state index is 13.8. The molecule has 1 N–H and O–H groups in total. The number of nitrogens with one attached hydrogen (secondary N) is 1. The fourth-order valence-corrected chi connectivity index (χ4v) is 3.21.